The number of carboxylic acids is 1. The highest BCUT2D eigenvalue weighted by molar-refractivity contribution is 5.69. The fourth-order valence-corrected chi connectivity index (χ4v) is 2.41. The summed E-state index contributed by atoms with van der Waals surface area (Å²) >= 11 is 0. The van der Waals surface area contributed by atoms with Gasteiger partial charge in [-0.25, -0.2) is 0 Å². The number of nitrogens with two attached hydrogens (primary N) is 1. The Hall–Kier alpha value is -1.42. The van der Waals surface area contributed by atoms with E-state index < -0.39 is 5.97 Å². The molecule has 0 aromatic carbocycles. The zero-order valence-corrected chi connectivity index (χ0v) is 8.44. The minimum Gasteiger partial charge on any atom is -0.481 e. The van der Waals surface area contributed by atoms with E-state index in [1.54, 1.807) is 6.20 Å². The maximum atomic E-state index is 10.9. The van der Waals surface area contributed by atoms with Crippen LogP contribution in [0, 0.1) is 0 Å². The summed E-state index contributed by atoms with van der Waals surface area (Å²) in [4.78, 5) is 14.9. The predicted octanol–water partition coefficient (Wildman–Crippen LogP) is 0.699. The molecule has 1 aliphatic rings. The topological polar surface area (TPSA) is 76.2 Å². The molecule has 4 heteroatoms. The monoisotopic (exact) mass is 206 g/mol. The number of carboxylic acid groups (broad SMARTS) is 1. The Morgan fingerprint density at radius 1 is 1.67 bits per heavy atom. The van der Waals surface area contributed by atoms with Crippen LogP contribution in [-0.2, 0) is 16.6 Å². The van der Waals surface area contributed by atoms with Crippen LogP contribution in [0.2, 0.25) is 0 Å². The van der Waals surface area contributed by atoms with E-state index in [0.29, 0.717) is 6.54 Å². The maximum absolute atomic E-state index is 10.9. The average Bonchev–Trinajstić information content (AvgIpc) is 2.58. The van der Waals surface area contributed by atoms with E-state index in [9.17, 15) is 4.79 Å². The van der Waals surface area contributed by atoms with Crippen LogP contribution in [0.15, 0.2) is 18.5 Å². The van der Waals surface area contributed by atoms with E-state index in [4.69, 9.17) is 10.8 Å². The highest BCUT2D eigenvalue weighted by Crippen LogP contribution is 2.40. The number of aromatic nitrogens is 1. The third-order valence-corrected chi connectivity index (χ3v) is 3.23. The van der Waals surface area contributed by atoms with Gasteiger partial charge in [-0.05, 0) is 30.0 Å². The number of fused-ring (bicyclic) bond motifs is 1. The number of pyridine rings is 1. The summed E-state index contributed by atoms with van der Waals surface area (Å²) in [7, 11) is 0. The van der Waals surface area contributed by atoms with Crippen molar-refractivity contribution in [3.05, 3.63) is 29.6 Å². The molecule has 1 heterocycles. The fourth-order valence-electron chi connectivity index (χ4n) is 2.41. The molecule has 0 spiro atoms. The van der Waals surface area contributed by atoms with Crippen molar-refractivity contribution in [1.82, 2.24) is 4.98 Å². The van der Waals surface area contributed by atoms with Gasteiger partial charge < -0.3 is 10.8 Å². The number of carbonyl (C=O) groups is 1. The number of aliphatic carboxylic acids is 1. The number of aryl methyl sites for hydroxylation is 1. The second-order valence-electron chi connectivity index (χ2n) is 4.09. The number of hydrogen-bond donors (Lipinski definition) is 2. The molecule has 0 saturated carbocycles. The first-order valence-electron chi connectivity index (χ1n) is 5.03. The van der Waals surface area contributed by atoms with Crippen LogP contribution in [0.3, 0.4) is 0 Å². The SMILES string of the molecule is NCC1(CC(=O)O)CCc2cnccc21. The van der Waals surface area contributed by atoms with E-state index >= 15 is 0 Å². The standard InChI is InChI=1S/C11H14N2O2/c12-7-11(5-10(14)15)3-1-8-6-13-4-2-9(8)11/h2,4,6H,1,3,5,7,12H2,(H,14,15). The summed E-state index contributed by atoms with van der Waals surface area (Å²) < 4.78 is 0. The van der Waals surface area contributed by atoms with Gasteiger partial charge in [-0.15, -0.1) is 0 Å². The highest BCUT2D eigenvalue weighted by atomic mass is 16.4. The molecular formula is C11H14N2O2. The highest BCUT2D eigenvalue weighted by Gasteiger charge is 2.39. The molecule has 0 amide bonds. The van der Waals surface area contributed by atoms with Gasteiger partial charge in [-0.2, -0.15) is 0 Å². The van der Waals surface area contributed by atoms with Crippen molar-refractivity contribution < 1.29 is 9.90 Å². The maximum Gasteiger partial charge on any atom is 0.304 e. The van der Waals surface area contributed by atoms with Crippen LogP contribution < -0.4 is 5.73 Å². The summed E-state index contributed by atoms with van der Waals surface area (Å²) in [6, 6.07) is 1.90. The zero-order chi connectivity index (χ0) is 10.9. The lowest BCUT2D eigenvalue weighted by molar-refractivity contribution is -0.138. The third kappa shape index (κ3) is 1.61. The molecule has 80 valence electrons. The van der Waals surface area contributed by atoms with Gasteiger partial charge >= 0.3 is 5.97 Å². The van der Waals surface area contributed by atoms with E-state index in [2.05, 4.69) is 4.98 Å². The van der Waals surface area contributed by atoms with Gasteiger partial charge in [0.1, 0.15) is 0 Å². The van der Waals surface area contributed by atoms with Gasteiger partial charge in [0, 0.05) is 24.4 Å². The van der Waals surface area contributed by atoms with Gasteiger partial charge in [0.05, 0.1) is 6.42 Å². The van der Waals surface area contributed by atoms with Gasteiger partial charge in [-0.3, -0.25) is 9.78 Å². The predicted molar refractivity (Wildman–Crippen MR) is 55.5 cm³/mol. The van der Waals surface area contributed by atoms with Gasteiger partial charge in [0.2, 0.25) is 0 Å². The average molecular weight is 206 g/mol. The van der Waals surface area contributed by atoms with Crippen LogP contribution in [0.25, 0.3) is 0 Å². The summed E-state index contributed by atoms with van der Waals surface area (Å²) in [5.74, 6) is -0.787. The summed E-state index contributed by atoms with van der Waals surface area (Å²) in [5, 5.41) is 8.92. The first-order valence-corrected chi connectivity index (χ1v) is 5.03. The quantitative estimate of drug-likeness (QED) is 0.763. The Morgan fingerprint density at radius 2 is 2.47 bits per heavy atom. The Bertz CT molecular complexity index is 392. The van der Waals surface area contributed by atoms with Crippen molar-refractivity contribution in [2.45, 2.75) is 24.7 Å². The second-order valence-corrected chi connectivity index (χ2v) is 4.09. The van der Waals surface area contributed by atoms with Crippen LogP contribution >= 0.6 is 0 Å². The van der Waals surface area contributed by atoms with Crippen molar-refractivity contribution in [1.29, 1.82) is 0 Å². The second kappa shape index (κ2) is 3.62. The van der Waals surface area contributed by atoms with Crippen molar-refractivity contribution in [3.8, 4) is 0 Å². The first kappa shape index (κ1) is 10.1. The Kier molecular flexibility index (Phi) is 2.44. The molecule has 1 aromatic rings. The molecule has 2 rings (SSSR count). The van der Waals surface area contributed by atoms with Gasteiger partial charge in [0.25, 0.3) is 0 Å². The molecular weight excluding hydrogens is 192 g/mol. The lowest BCUT2D eigenvalue weighted by Crippen LogP contribution is -2.35. The number of hydrogen-bond acceptors (Lipinski definition) is 3. The van der Waals surface area contributed by atoms with Gasteiger partial charge in [0.15, 0.2) is 0 Å². The van der Waals surface area contributed by atoms with Crippen LogP contribution in [0.5, 0.6) is 0 Å². The summed E-state index contributed by atoms with van der Waals surface area (Å²) in [6.07, 6.45) is 5.33. The molecule has 0 radical (unpaired) electrons. The molecule has 4 nitrogen and oxygen atoms in total. The van der Waals surface area contributed by atoms with E-state index in [1.807, 2.05) is 12.3 Å². The van der Waals surface area contributed by atoms with Crippen molar-refractivity contribution in [3.63, 3.8) is 0 Å². The Morgan fingerprint density at radius 3 is 3.13 bits per heavy atom. The van der Waals surface area contributed by atoms with Gasteiger partial charge in [-0.1, -0.05) is 0 Å². The molecule has 0 saturated heterocycles. The van der Waals surface area contributed by atoms with Crippen LogP contribution in [0.1, 0.15) is 24.0 Å². The minimum atomic E-state index is -0.787. The molecule has 15 heavy (non-hydrogen) atoms. The molecule has 1 aliphatic carbocycles. The van der Waals surface area contributed by atoms with Crippen molar-refractivity contribution in [2.24, 2.45) is 5.73 Å². The summed E-state index contributed by atoms with van der Waals surface area (Å²) in [6.45, 7) is 0.385. The largest absolute Gasteiger partial charge is 0.481 e. The molecule has 0 fully saturated rings. The zero-order valence-electron chi connectivity index (χ0n) is 8.44. The van der Waals surface area contributed by atoms with E-state index in [-0.39, 0.29) is 11.8 Å². The molecule has 0 aliphatic heterocycles. The van der Waals surface area contributed by atoms with E-state index in [0.717, 1.165) is 24.0 Å². The van der Waals surface area contributed by atoms with Crippen molar-refractivity contribution in [2.75, 3.05) is 6.54 Å². The third-order valence-electron chi connectivity index (χ3n) is 3.23. The Balaban J connectivity index is 2.41. The van der Waals surface area contributed by atoms with Crippen molar-refractivity contribution >= 4 is 5.97 Å². The van der Waals surface area contributed by atoms with Crippen LogP contribution in [-0.4, -0.2) is 22.6 Å². The van der Waals surface area contributed by atoms with Crippen LogP contribution in [0.4, 0.5) is 0 Å². The summed E-state index contributed by atoms with van der Waals surface area (Å²) in [5.41, 5.74) is 7.59. The number of rotatable bonds is 3. The smallest absolute Gasteiger partial charge is 0.304 e. The molecule has 0 bridgehead atoms. The lowest BCUT2D eigenvalue weighted by atomic mass is 9.79. The number of nitrogens with zero attached hydrogens (tertiary/aromatic N) is 1. The normalized spacial score (nSPS) is 23.8. The first-order chi connectivity index (χ1) is 7.18. The lowest BCUT2D eigenvalue weighted by Gasteiger charge is -2.26. The fraction of sp³-hybridized carbons (Fsp3) is 0.455. The molecule has 1 atom stereocenters. The van der Waals surface area contributed by atoms with E-state index in [1.165, 1.54) is 0 Å². The molecule has 1 aromatic heterocycles. The molecule has 3 N–H and O–H groups in total. The minimum absolute atomic E-state index is 0.112. The molecule has 1 unspecified atom stereocenters. The Labute approximate surface area is 88.1 Å².